The molecule has 0 radical (unpaired) electrons. The van der Waals surface area contributed by atoms with E-state index in [2.05, 4.69) is 0 Å². The van der Waals surface area contributed by atoms with Crippen LogP contribution in [0.5, 0.6) is 17.2 Å². The van der Waals surface area contributed by atoms with Gasteiger partial charge in [-0.2, -0.15) is 5.26 Å². The Balaban J connectivity index is 1.63. The molecule has 3 rings (SSSR count). The summed E-state index contributed by atoms with van der Waals surface area (Å²) in [7, 11) is 1.45. The number of rotatable bonds is 9. The van der Waals surface area contributed by atoms with Gasteiger partial charge in [-0.3, -0.25) is 4.79 Å². The molecule has 0 aliphatic carbocycles. The number of esters is 1. The van der Waals surface area contributed by atoms with Gasteiger partial charge in [0.25, 0.3) is 0 Å². The number of carbonyl (C=O) groups is 1. The Labute approximate surface area is 186 Å². The highest BCUT2D eigenvalue weighted by Crippen LogP contribution is 2.30. The third kappa shape index (κ3) is 6.19. The van der Waals surface area contributed by atoms with E-state index in [0.29, 0.717) is 24.3 Å². The van der Waals surface area contributed by atoms with Gasteiger partial charge in [0, 0.05) is 12.0 Å². The number of para-hydroxylation sites is 1. The van der Waals surface area contributed by atoms with Crippen LogP contribution in [-0.2, 0) is 4.79 Å². The molecule has 0 spiro atoms. The molecule has 3 aromatic carbocycles. The molecule has 32 heavy (non-hydrogen) atoms. The minimum Gasteiger partial charge on any atom is -0.494 e. The van der Waals surface area contributed by atoms with Crippen LogP contribution in [0.15, 0.2) is 72.8 Å². The van der Waals surface area contributed by atoms with E-state index < -0.39 is 11.8 Å². The predicted octanol–water partition coefficient (Wildman–Crippen LogP) is 5.66. The van der Waals surface area contributed by atoms with Crippen molar-refractivity contribution in [2.75, 3.05) is 13.7 Å². The maximum atomic E-state index is 14.0. The molecule has 0 unspecified atom stereocenters. The molecule has 0 aliphatic rings. The van der Waals surface area contributed by atoms with Crippen LogP contribution in [0.3, 0.4) is 0 Å². The first-order valence-corrected chi connectivity index (χ1v) is 10.0. The first kappa shape index (κ1) is 22.6. The van der Waals surface area contributed by atoms with Gasteiger partial charge in [0.2, 0.25) is 0 Å². The molecule has 0 atom stereocenters. The summed E-state index contributed by atoms with van der Waals surface area (Å²) in [5.41, 5.74) is 0.994. The number of hydrogen-bond acceptors (Lipinski definition) is 5. The van der Waals surface area contributed by atoms with Crippen LogP contribution in [0.4, 0.5) is 4.39 Å². The van der Waals surface area contributed by atoms with Crippen molar-refractivity contribution in [2.24, 2.45) is 0 Å². The van der Waals surface area contributed by atoms with E-state index >= 15 is 0 Å². The van der Waals surface area contributed by atoms with Crippen LogP contribution < -0.4 is 14.2 Å². The van der Waals surface area contributed by atoms with E-state index in [1.165, 1.54) is 13.2 Å². The lowest BCUT2D eigenvalue weighted by atomic mass is 10.0. The summed E-state index contributed by atoms with van der Waals surface area (Å²) >= 11 is 0. The van der Waals surface area contributed by atoms with Crippen LogP contribution in [0.2, 0.25) is 0 Å². The van der Waals surface area contributed by atoms with Crippen molar-refractivity contribution < 1.29 is 23.4 Å². The first-order valence-electron chi connectivity index (χ1n) is 10.0. The van der Waals surface area contributed by atoms with E-state index in [1.54, 1.807) is 42.5 Å². The highest BCUT2D eigenvalue weighted by molar-refractivity contribution is 5.90. The Morgan fingerprint density at radius 2 is 1.78 bits per heavy atom. The molecule has 6 heteroatoms. The molecule has 3 aromatic rings. The second kappa shape index (κ2) is 11.3. The van der Waals surface area contributed by atoms with Gasteiger partial charge in [0.1, 0.15) is 11.6 Å². The predicted molar refractivity (Wildman–Crippen MR) is 120 cm³/mol. The lowest BCUT2D eigenvalue weighted by molar-refractivity contribution is -0.134. The normalized spacial score (nSPS) is 10.8. The van der Waals surface area contributed by atoms with Crippen molar-refractivity contribution in [2.45, 2.75) is 12.8 Å². The van der Waals surface area contributed by atoms with Crippen LogP contribution in [0, 0.1) is 17.1 Å². The maximum absolute atomic E-state index is 14.0. The Hall–Kier alpha value is -4.11. The molecule has 0 aromatic heterocycles. The fourth-order valence-electron chi connectivity index (χ4n) is 2.97. The fraction of sp³-hybridized carbons (Fsp3) is 0.154. The Morgan fingerprint density at radius 1 is 1.03 bits per heavy atom. The Morgan fingerprint density at radius 3 is 2.50 bits per heavy atom. The molecule has 162 valence electrons. The number of halogens is 1. The van der Waals surface area contributed by atoms with Crippen molar-refractivity contribution >= 4 is 17.6 Å². The standard InChI is InChI=1S/C26H22FNO4/c1-30-25-17-19(16-20(18-28)22-10-5-6-11-23(22)27)13-14-24(25)32-26(29)12-7-15-31-21-8-3-2-4-9-21/h2-6,8-11,13-14,16-17H,7,12,15H2,1H3/b20-16-. The maximum Gasteiger partial charge on any atom is 0.311 e. The summed E-state index contributed by atoms with van der Waals surface area (Å²) in [4.78, 5) is 12.2. The van der Waals surface area contributed by atoms with Crippen LogP contribution >= 0.6 is 0 Å². The summed E-state index contributed by atoms with van der Waals surface area (Å²) < 4.78 is 30.3. The highest BCUT2D eigenvalue weighted by Gasteiger charge is 2.12. The minimum atomic E-state index is -0.478. The lowest BCUT2D eigenvalue weighted by Crippen LogP contribution is -2.10. The van der Waals surface area contributed by atoms with E-state index in [4.69, 9.17) is 14.2 Å². The molecule has 0 heterocycles. The minimum absolute atomic E-state index is 0.174. The van der Waals surface area contributed by atoms with Crippen molar-refractivity contribution in [3.63, 3.8) is 0 Å². The molecular weight excluding hydrogens is 409 g/mol. The quantitative estimate of drug-likeness (QED) is 0.144. The van der Waals surface area contributed by atoms with Crippen molar-refractivity contribution in [1.82, 2.24) is 0 Å². The molecule has 0 saturated heterocycles. The van der Waals surface area contributed by atoms with Gasteiger partial charge >= 0.3 is 5.97 Å². The summed E-state index contributed by atoms with van der Waals surface area (Å²) in [6.07, 6.45) is 2.24. The van der Waals surface area contributed by atoms with Crippen molar-refractivity contribution in [3.05, 3.63) is 89.7 Å². The second-order valence-electron chi connectivity index (χ2n) is 6.80. The summed E-state index contributed by atoms with van der Waals surface area (Å²) in [6.45, 7) is 0.396. The molecular formula is C26H22FNO4. The zero-order valence-corrected chi connectivity index (χ0v) is 17.6. The molecule has 0 N–H and O–H groups in total. The number of methoxy groups -OCH3 is 1. The molecule has 0 bridgehead atoms. The topological polar surface area (TPSA) is 68.5 Å². The van der Waals surface area contributed by atoms with Gasteiger partial charge in [-0.15, -0.1) is 0 Å². The Kier molecular flexibility index (Phi) is 7.99. The van der Waals surface area contributed by atoms with E-state index in [9.17, 15) is 14.4 Å². The zero-order chi connectivity index (χ0) is 22.8. The van der Waals surface area contributed by atoms with E-state index in [-0.39, 0.29) is 23.3 Å². The smallest absolute Gasteiger partial charge is 0.311 e. The van der Waals surface area contributed by atoms with Crippen LogP contribution in [-0.4, -0.2) is 19.7 Å². The lowest BCUT2D eigenvalue weighted by Gasteiger charge is -2.11. The van der Waals surface area contributed by atoms with Crippen molar-refractivity contribution in [3.8, 4) is 23.3 Å². The van der Waals surface area contributed by atoms with Gasteiger partial charge in [0.15, 0.2) is 11.5 Å². The first-order chi connectivity index (χ1) is 15.6. The third-order valence-corrected chi connectivity index (χ3v) is 4.54. The number of allylic oxidation sites excluding steroid dienone is 1. The summed E-state index contributed by atoms with van der Waals surface area (Å²) in [5.74, 6) is 0.459. The number of carbonyl (C=O) groups excluding carboxylic acids is 1. The van der Waals surface area contributed by atoms with Gasteiger partial charge < -0.3 is 14.2 Å². The fourth-order valence-corrected chi connectivity index (χ4v) is 2.97. The van der Waals surface area contributed by atoms with E-state index in [0.717, 1.165) is 5.75 Å². The van der Waals surface area contributed by atoms with Gasteiger partial charge in [-0.05, 0) is 48.4 Å². The molecule has 0 saturated carbocycles. The van der Waals surface area contributed by atoms with Crippen LogP contribution in [0.1, 0.15) is 24.0 Å². The third-order valence-electron chi connectivity index (χ3n) is 4.54. The average molecular weight is 431 g/mol. The highest BCUT2D eigenvalue weighted by atomic mass is 19.1. The summed E-state index contributed by atoms with van der Waals surface area (Å²) in [6, 6.07) is 22.3. The second-order valence-corrected chi connectivity index (χ2v) is 6.80. The van der Waals surface area contributed by atoms with Gasteiger partial charge in [-0.25, -0.2) is 4.39 Å². The molecule has 5 nitrogen and oxygen atoms in total. The monoisotopic (exact) mass is 431 g/mol. The van der Waals surface area contributed by atoms with Gasteiger partial charge in [0.05, 0.1) is 25.4 Å². The number of ether oxygens (including phenoxy) is 3. The van der Waals surface area contributed by atoms with E-state index in [1.807, 2.05) is 36.4 Å². The number of nitrogens with zero attached hydrogens (tertiary/aromatic N) is 1. The van der Waals surface area contributed by atoms with Crippen molar-refractivity contribution in [1.29, 1.82) is 5.26 Å². The molecule has 0 fully saturated rings. The average Bonchev–Trinajstić information content (AvgIpc) is 2.82. The number of benzene rings is 3. The summed E-state index contributed by atoms with van der Waals surface area (Å²) in [5, 5.41) is 9.45. The SMILES string of the molecule is COc1cc(/C=C(/C#N)c2ccccc2F)ccc1OC(=O)CCCOc1ccccc1. The van der Waals surface area contributed by atoms with Gasteiger partial charge in [-0.1, -0.05) is 42.5 Å². The molecule has 0 amide bonds. The Bertz CT molecular complexity index is 1140. The number of nitriles is 1. The van der Waals surface area contributed by atoms with Crippen LogP contribution in [0.25, 0.3) is 11.6 Å². The largest absolute Gasteiger partial charge is 0.494 e. The number of hydrogen-bond donors (Lipinski definition) is 0. The zero-order valence-electron chi connectivity index (χ0n) is 17.6. The molecule has 0 aliphatic heterocycles.